The SMILES string of the molecule is CN(C[C@@]1(O)CCN(c2ccnc3cccnc23)C1)C(=O)c1ccc(OCCN2CCCC2=O)cc1. The summed E-state index contributed by atoms with van der Waals surface area (Å²) in [7, 11) is 1.71. The van der Waals surface area contributed by atoms with E-state index < -0.39 is 5.60 Å². The minimum absolute atomic E-state index is 0.160. The zero-order chi connectivity index (χ0) is 25.1. The number of fused-ring (bicyclic) bond motifs is 1. The largest absolute Gasteiger partial charge is 0.492 e. The maximum atomic E-state index is 13.0. The van der Waals surface area contributed by atoms with Crippen LogP contribution in [0.5, 0.6) is 5.75 Å². The molecular weight excluding hydrogens is 458 g/mol. The number of anilines is 1. The number of hydrogen-bond acceptors (Lipinski definition) is 7. The fraction of sp³-hybridized carbons (Fsp3) is 0.407. The lowest BCUT2D eigenvalue weighted by Crippen LogP contribution is -2.45. The van der Waals surface area contributed by atoms with Crippen LogP contribution in [0.25, 0.3) is 11.0 Å². The molecule has 4 heterocycles. The third-order valence-corrected chi connectivity index (χ3v) is 6.93. The topological polar surface area (TPSA) is 99.1 Å². The summed E-state index contributed by atoms with van der Waals surface area (Å²) in [6, 6.07) is 12.7. The average molecular weight is 490 g/mol. The van der Waals surface area contributed by atoms with E-state index in [0.717, 1.165) is 29.7 Å². The Morgan fingerprint density at radius 3 is 2.75 bits per heavy atom. The lowest BCUT2D eigenvalue weighted by atomic mass is 10.0. The van der Waals surface area contributed by atoms with Crippen molar-refractivity contribution >= 4 is 28.5 Å². The number of nitrogens with zero attached hydrogens (tertiary/aromatic N) is 5. The number of aromatic nitrogens is 2. The van der Waals surface area contributed by atoms with E-state index in [4.69, 9.17) is 4.74 Å². The fourth-order valence-corrected chi connectivity index (χ4v) is 5.05. The lowest BCUT2D eigenvalue weighted by molar-refractivity contribution is -0.128. The number of rotatable bonds is 8. The number of pyridine rings is 2. The second kappa shape index (κ2) is 10.1. The van der Waals surface area contributed by atoms with Crippen molar-refractivity contribution in [1.82, 2.24) is 19.8 Å². The molecule has 2 aromatic heterocycles. The van der Waals surface area contributed by atoms with Gasteiger partial charge in [-0.05, 0) is 55.3 Å². The lowest BCUT2D eigenvalue weighted by Gasteiger charge is -2.29. The van der Waals surface area contributed by atoms with Crippen LogP contribution in [0.15, 0.2) is 54.9 Å². The molecule has 9 heteroatoms. The molecule has 9 nitrogen and oxygen atoms in total. The summed E-state index contributed by atoms with van der Waals surface area (Å²) < 4.78 is 5.75. The molecule has 0 aliphatic carbocycles. The Bertz CT molecular complexity index is 1250. The second-order valence-corrected chi connectivity index (χ2v) is 9.62. The zero-order valence-corrected chi connectivity index (χ0v) is 20.5. The smallest absolute Gasteiger partial charge is 0.253 e. The normalized spacial score (nSPS) is 19.8. The molecule has 2 fully saturated rings. The van der Waals surface area contributed by atoms with Crippen LogP contribution in [0.1, 0.15) is 29.6 Å². The number of β-amino-alcohol motifs (C(OH)–C–C–N with tert-alkyl or cyclic N) is 1. The molecule has 2 amide bonds. The van der Waals surface area contributed by atoms with Crippen LogP contribution in [-0.2, 0) is 4.79 Å². The van der Waals surface area contributed by atoms with Gasteiger partial charge in [-0.3, -0.25) is 19.6 Å². The molecule has 1 aromatic carbocycles. The van der Waals surface area contributed by atoms with Crippen LogP contribution in [0.4, 0.5) is 5.69 Å². The maximum absolute atomic E-state index is 13.0. The summed E-state index contributed by atoms with van der Waals surface area (Å²) >= 11 is 0. The maximum Gasteiger partial charge on any atom is 0.253 e. The number of hydrogen-bond donors (Lipinski definition) is 1. The van der Waals surface area contributed by atoms with Gasteiger partial charge >= 0.3 is 0 Å². The van der Waals surface area contributed by atoms with Crippen molar-refractivity contribution in [3.8, 4) is 5.75 Å². The van der Waals surface area contributed by atoms with Crippen LogP contribution in [-0.4, -0.2) is 88.7 Å². The van der Waals surface area contributed by atoms with E-state index in [0.29, 0.717) is 50.4 Å². The van der Waals surface area contributed by atoms with E-state index >= 15 is 0 Å². The van der Waals surface area contributed by atoms with Crippen molar-refractivity contribution in [2.24, 2.45) is 0 Å². The highest BCUT2D eigenvalue weighted by atomic mass is 16.5. The molecule has 2 aliphatic heterocycles. The Kier molecular flexibility index (Phi) is 6.73. The number of carbonyl (C=O) groups is 2. The standard InChI is InChI=1S/C27H31N5O4/c1-30(26(34)20-6-8-21(9-7-20)36-17-16-31-14-3-5-24(31)33)18-27(35)11-15-32(19-27)23-10-13-28-22-4-2-12-29-25(22)23/h2,4,6-10,12-13,35H,3,5,11,14-19H2,1H3/t27-/m0/s1. The molecular formula is C27H31N5O4. The molecule has 2 saturated heterocycles. The molecule has 0 bridgehead atoms. The van der Waals surface area contributed by atoms with E-state index in [1.165, 1.54) is 0 Å². The first-order valence-corrected chi connectivity index (χ1v) is 12.4. The molecule has 1 N–H and O–H groups in total. The second-order valence-electron chi connectivity index (χ2n) is 9.62. The number of amides is 2. The van der Waals surface area contributed by atoms with E-state index in [1.54, 1.807) is 48.6 Å². The van der Waals surface area contributed by atoms with Gasteiger partial charge in [0, 0.05) is 51.1 Å². The summed E-state index contributed by atoms with van der Waals surface area (Å²) in [6.45, 7) is 3.09. The van der Waals surface area contributed by atoms with E-state index in [-0.39, 0.29) is 18.4 Å². The number of likely N-dealkylation sites (tertiary alicyclic amines) is 1. The molecule has 0 radical (unpaired) electrons. The van der Waals surface area contributed by atoms with Gasteiger partial charge in [-0.1, -0.05) is 0 Å². The quantitative estimate of drug-likeness (QED) is 0.519. The highest BCUT2D eigenvalue weighted by Crippen LogP contribution is 2.31. The molecule has 36 heavy (non-hydrogen) atoms. The average Bonchev–Trinajstić information content (AvgIpc) is 3.48. The molecule has 188 valence electrons. The van der Waals surface area contributed by atoms with Gasteiger partial charge < -0.3 is 24.5 Å². The Morgan fingerprint density at radius 2 is 1.97 bits per heavy atom. The fourth-order valence-electron chi connectivity index (χ4n) is 5.05. The Hall–Kier alpha value is -3.72. The van der Waals surface area contributed by atoms with Crippen molar-refractivity contribution in [1.29, 1.82) is 0 Å². The van der Waals surface area contributed by atoms with Crippen LogP contribution in [0, 0.1) is 0 Å². The molecule has 0 unspecified atom stereocenters. The summed E-state index contributed by atoms with van der Waals surface area (Å²) in [4.78, 5) is 39.1. The number of likely N-dealkylation sites (N-methyl/N-ethyl adjacent to an activating group) is 1. The molecule has 2 aliphatic rings. The molecule has 1 atom stereocenters. The monoisotopic (exact) mass is 489 g/mol. The van der Waals surface area contributed by atoms with Gasteiger partial charge in [0.25, 0.3) is 5.91 Å². The van der Waals surface area contributed by atoms with Gasteiger partial charge in [0.05, 0.1) is 24.3 Å². The highest BCUT2D eigenvalue weighted by Gasteiger charge is 2.38. The van der Waals surface area contributed by atoms with Crippen molar-refractivity contribution in [3.05, 3.63) is 60.4 Å². The van der Waals surface area contributed by atoms with Crippen LogP contribution >= 0.6 is 0 Å². The molecule has 0 spiro atoms. The van der Waals surface area contributed by atoms with Crippen LogP contribution < -0.4 is 9.64 Å². The van der Waals surface area contributed by atoms with E-state index in [2.05, 4.69) is 14.9 Å². The van der Waals surface area contributed by atoms with E-state index in [9.17, 15) is 14.7 Å². The van der Waals surface area contributed by atoms with Crippen LogP contribution in [0.3, 0.4) is 0 Å². The summed E-state index contributed by atoms with van der Waals surface area (Å²) in [5.74, 6) is 0.677. The van der Waals surface area contributed by atoms with Gasteiger partial charge in [0.15, 0.2) is 0 Å². The first-order chi connectivity index (χ1) is 17.4. The molecule has 5 rings (SSSR count). The minimum Gasteiger partial charge on any atom is -0.492 e. The molecule has 0 saturated carbocycles. The van der Waals surface area contributed by atoms with Gasteiger partial charge in [0.2, 0.25) is 5.91 Å². The predicted molar refractivity (Wildman–Crippen MR) is 136 cm³/mol. The Labute approximate surface area is 210 Å². The number of benzene rings is 1. The van der Waals surface area contributed by atoms with Gasteiger partial charge in [-0.15, -0.1) is 0 Å². The predicted octanol–water partition coefficient (Wildman–Crippen LogP) is 2.34. The Morgan fingerprint density at radius 1 is 1.14 bits per heavy atom. The molecule has 3 aromatic rings. The first-order valence-electron chi connectivity index (χ1n) is 12.4. The summed E-state index contributed by atoms with van der Waals surface area (Å²) in [6.07, 6.45) is 5.58. The van der Waals surface area contributed by atoms with Crippen LogP contribution in [0.2, 0.25) is 0 Å². The first kappa shape index (κ1) is 24.0. The third kappa shape index (κ3) is 5.11. The van der Waals surface area contributed by atoms with E-state index in [1.807, 2.05) is 23.1 Å². The van der Waals surface area contributed by atoms with Crippen molar-refractivity contribution in [2.45, 2.75) is 24.9 Å². The summed E-state index contributed by atoms with van der Waals surface area (Å²) in [5, 5.41) is 11.3. The van der Waals surface area contributed by atoms with Gasteiger partial charge in [-0.25, -0.2) is 0 Å². The minimum atomic E-state index is -1.02. The summed E-state index contributed by atoms with van der Waals surface area (Å²) in [5.41, 5.74) is 2.07. The zero-order valence-electron chi connectivity index (χ0n) is 20.5. The highest BCUT2D eigenvalue weighted by molar-refractivity contribution is 5.94. The number of aliphatic hydroxyl groups is 1. The van der Waals surface area contributed by atoms with Crippen molar-refractivity contribution < 1.29 is 19.4 Å². The van der Waals surface area contributed by atoms with Gasteiger partial charge in [-0.2, -0.15) is 0 Å². The number of ether oxygens (including phenoxy) is 1. The van der Waals surface area contributed by atoms with Gasteiger partial charge in [0.1, 0.15) is 23.5 Å². The number of carbonyl (C=O) groups excluding carboxylic acids is 2. The van der Waals surface area contributed by atoms with Crippen molar-refractivity contribution in [3.63, 3.8) is 0 Å². The third-order valence-electron chi connectivity index (χ3n) is 6.93. The Balaban J connectivity index is 1.16. The van der Waals surface area contributed by atoms with Crippen molar-refractivity contribution in [2.75, 3.05) is 51.3 Å².